The minimum Gasteiger partial charge on any atom is -0.507 e. The van der Waals surface area contributed by atoms with Crippen LogP contribution in [0.3, 0.4) is 0 Å². The predicted molar refractivity (Wildman–Crippen MR) is 86.0 cm³/mol. The molecule has 1 fully saturated rings. The fraction of sp³-hybridized carbons (Fsp3) is 0.267. The second-order valence-corrected chi connectivity index (χ2v) is 5.15. The van der Waals surface area contributed by atoms with Gasteiger partial charge in [0.15, 0.2) is 11.6 Å². The van der Waals surface area contributed by atoms with Gasteiger partial charge in [0.05, 0.1) is 5.56 Å². The summed E-state index contributed by atoms with van der Waals surface area (Å²) < 4.78 is 0. The van der Waals surface area contributed by atoms with E-state index in [0.717, 1.165) is 13.1 Å². The number of nitrogens with one attached hydrogen (secondary N) is 3. The van der Waals surface area contributed by atoms with Gasteiger partial charge < -0.3 is 25.6 Å². The molecule has 120 valence electrons. The first-order chi connectivity index (χ1) is 11.1. The van der Waals surface area contributed by atoms with Gasteiger partial charge in [0, 0.05) is 32.4 Å². The first-order valence-electron chi connectivity index (χ1n) is 7.30. The Morgan fingerprint density at radius 2 is 2.00 bits per heavy atom. The molecule has 3 rings (SSSR count). The number of phenolic OH excluding ortho intramolecular Hbond substituents is 1. The Morgan fingerprint density at radius 1 is 1.26 bits per heavy atom. The van der Waals surface area contributed by atoms with E-state index >= 15 is 0 Å². The van der Waals surface area contributed by atoms with E-state index in [1.54, 1.807) is 12.1 Å². The number of aromatic nitrogens is 2. The number of amides is 1. The van der Waals surface area contributed by atoms with Crippen LogP contribution in [0.4, 0.5) is 11.6 Å². The van der Waals surface area contributed by atoms with Crippen molar-refractivity contribution >= 4 is 17.5 Å². The van der Waals surface area contributed by atoms with E-state index in [-0.39, 0.29) is 28.5 Å². The number of phenols is 1. The van der Waals surface area contributed by atoms with Crippen LogP contribution in [0.25, 0.3) is 0 Å². The summed E-state index contributed by atoms with van der Waals surface area (Å²) >= 11 is 0. The molecule has 0 spiro atoms. The lowest BCUT2D eigenvalue weighted by Gasteiger charge is -2.27. The van der Waals surface area contributed by atoms with Gasteiger partial charge in [-0.05, 0) is 12.1 Å². The molecule has 0 atom stereocenters. The van der Waals surface area contributed by atoms with Crippen LogP contribution in [-0.2, 0) is 0 Å². The van der Waals surface area contributed by atoms with Crippen molar-refractivity contribution in [2.24, 2.45) is 0 Å². The summed E-state index contributed by atoms with van der Waals surface area (Å²) in [6, 6.07) is 6.23. The maximum absolute atomic E-state index is 12.2. The average Bonchev–Trinajstić information content (AvgIpc) is 2.57. The third-order valence-corrected chi connectivity index (χ3v) is 3.58. The maximum atomic E-state index is 12.2. The molecule has 1 saturated heterocycles. The number of aromatic hydroxyl groups is 1. The molecule has 1 amide bonds. The first kappa shape index (κ1) is 15.0. The standard InChI is InChI=1S/C15H17N5O3/c21-11-4-2-1-3-10(11)14(22)19-12-9-17-15(23)13(18-12)20-7-5-16-6-8-20/h1-4,9,16,21H,5-8H2,(H,17,23)(H,18,19,22). The van der Waals surface area contributed by atoms with Gasteiger partial charge in [-0.3, -0.25) is 9.59 Å². The van der Waals surface area contributed by atoms with Crippen LogP contribution >= 0.6 is 0 Å². The van der Waals surface area contributed by atoms with E-state index in [1.165, 1.54) is 18.3 Å². The zero-order valence-corrected chi connectivity index (χ0v) is 12.4. The highest BCUT2D eigenvalue weighted by Crippen LogP contribution is 2.17. The van der Waals surface area contributed by atoms with Crippen molar-refractivity contribution in [3.8, 4) is 5.75 Å². The maximum Gasteiger partial charge on any atom is 0.291 e. The second-order valence-electron chi connectivity index (χ2n) is 5.15. The van der Waals surface area contributed by atoms with Crippen molar-refractivity contribution in [3.63, 3.8) is 0 Å². The molecule has 2 aromatic rings. The number of piperazine rings is 1. The molecule has 0 aliphatic carbocycles. The monoisotopic (exact) mass is 315 g/mol. The fourth-order valence-electron chi connectivity index (χ4n) is 2.40. The van der Waals surface area contributed by atoms with Gasteiger partial charge in [0.25, 0.3) is 11.5 Å². The molecule has 1 aliphatic heterocycles. The largest absolute Gasteiger partial charge is 0.507 e. The molecule has 0 saturated carbocycles. The van der Waals surface area contributed by atoms with Gasteiger partial charge >= 0.3 is 0 Å². The molecule has 1 aliphatic rings. The quantitative estimate of drug-likeness (QED) is 0.641. The highest BCUT2D eigenvalue weighted by molar-refractivity contribution is 6.05. The number of para-hydroxylation sites is 1. The SMILES string of the molecule is O=C(Nc1c[nH]c(=O)c(N2CCNCC2)n1)c1ccccc1O. The fourth-order valence-corrected chi connectivity index (χ4v) is 2.40. The number of aromatic amines is 1. The topological polar surface area (TPSA) is 110 Å². The molecular formula is C15H17N5O3. The molecule has 8 nitrogen and oxygen atoms in total. The van der Waals surface area contributed by atoms with Crippen LogP contribution in [0.15, 0.2) is 35.3 Å². The molecule has 23 heavy (non-hydrogen) atoms. The van der Waals surface area contributed by atoms with Crippen molar-refractivity contribution in [2.75, 3.05) is 36.4 Å². The van der Waals surface area contributed by atoms with E-state index in [2.05, 4.69) is 20.6 Å². The van der Waals surface area contributed by atoms with Crippen LogP contribution in [0, 0.1) is 0 Å². The van der Waals surface area contributed by atoms with E-state index in [1.807, 2.05) is 4.90 Å². The lowest BCUT2D eigenvalue weighted by atomic mass is 10.2. The molecule has 1 aromatic heterocycles. The second kappa shape index (κ2) is 6.49. The number of benzene rings is 1. The molecule has 0 bridgehead atoms. The van der Waals surface area contributed by atoms with Crippen molar-refractivity contribution < 1.29 is 9.90 Å². The van der Waals surface area contributed by atoms with Crippen molar-refractivity contribution in [1.29, 1.82) is 0 Å². The van der Waals surface area contributed by atoms with Crippen LogP contribution in [0.1, 0.15) is 10.4 Å². The van der Waals surface area contributed by atoms with Gasteiger partial charge in [-0.1, -0.05) is 12.1 Å². The summed E-state index contributed by atoms with van der Waals surface area (Å²) in [6.45, 7) is 2.89. The summed E-state index contributed by atoms with van der Waals surface area (Å²) in [4.78, 5) is 32.8. The zero-order chi connectivity index (χ0) is 16.2. The number of H-pyrrole nitrogens is 1. The average molecular weight is 315 g/mol. The number of carbonyl (C=O) groups excluding carboxylic acids is 1. The zero-order valence-electron chi connectivity index (χ0n) is 12.4. The predicted octanol–water partition coefficient (Wildman–Crippen LogP) is 0.137. The number of anilines is 2. The Hall–Kier alpha value is -2.87. The van der Waals surface area contributed by atoms with Crippen LogP contribution in [-0.4, -0.2) is 47.2 Å². The van der Waals surface area contributed by atoms with E-state index in [0.29, 0.717) is 13.1 Å². The van der Waals surface area contributed by atoms with Crippen molar-refractivity contribution in [1.82, 2.24) is 15.3 Å². The Labute approximate surface area is 132 Å². The highest BCUT2D eigenvalue weighted by atomic mass is 16.3. The summed E-state index contributed by atoms with van der Waals surface area (Å²) in [6.07, 6.45) is 1.34. The Bertz CT molecular complexity index is 768. The third-order valence-electron chi connectivity index (χ3n) is 3.58. The van der Waals surface area contributed by atoms with Gasteiger partial charge in [-0.25, -0.2) is 4.98 Å². The molecular weight excluding hydrogens is 298 g/mol. The smallest absolute Gasteiger partial charge is 0.291 e. The summed E-state index contributed by atoms with van der Waals surface area (Å²) in [5.74, 6) is -0.0985. The van der Waals surface area contributed by atoms with Gasteiger partial charge in [0.2, 0.25) is 0 Å². The van der Waals surface area contributed by atoms with E-state index in [4.69, 9.17) is 0 Å². The van der Waals surface area contributed by atoms with Crippen LogP contribution < -0.4 is 21.1 Å². The molecule has 8 heteroatoms. The van der Waals surface area contributed by atoms with Crippen molar-refractivity contribution in [3.05, 3.63) is 46.4 Å². The summed E-state index contributed by atoms with van der Waals surface area (Å²) in [5.41, 5.74) is -0.156. The molecule has 0 unspecified atom stereocenters. The number of hydrogen-bond acceptors (Lipinski definition) is 6. The minimum atomic E-state index is -0.492. The van der Waals surface area contributed by atoms with Crippen LogP contribution in [0.2, 0.25) is 0 Å². The number of hydrogen-bond donors (Lipinski definition) is 4. The normalized spacial score (nSPS) is 14.5. The molecule has 4 N–H and O–H groups in total. The Morgan fingerprint density at radius 3 is 2.74 bits per heavy atom. The third kappa shape index (κ3) is 3.32. The van der Waals surface area contributed by atoms with Gasteiger partial charge in [-0.15, -0.1) is 0 Å². The number of rotatable bonds is 3. The molecule has 0 radical (unpaired) electrons. The number of carbonyl (C=O) groups is 1. The minimum absolute atomic E-state index is 0.114. The highest BCUT2D eigenvalue weighted by Gasteiger charge is 2.17. The van der Waals surface area contributed by atoms with E-state index < -0.39 is 5.91 Å². The lowest BCUT2D eigenvalue weighted by Crippen LogP contribution is -2.45. The van der Waals surface area contributed by atoms with E-state index in [9.17, 15) is 14.7 Å². The summed E-state index contributed by atoms with van der Waals surface area (Å²) in [7, 11) is 0. The van der Waals surface area contributed by atoms with Crippen molar-refractivity contribution in [2.45, 2.75) is 0 Å². The number of nitrogens with zero attached hydrogens (tertiary/aromatic N) is 2. The first-order valence-corrected chi connectivity index (χ1v) is 7.30. The Balaban J connectivity index is 1.82. The van der Waals surface area contributed by atoms with Gasteiger partial charge in [0.1, 0.15) is 5.75 Å². The lowest BCUT2D eigenvalue weighted by molar-refractivity contribution is 0.102. The molecule has 1 aromatic carbocycles. The molecule has 2 heterocycles. The summed E-state index contributed by atoms with van der Waals surface area (Å²) in [5, 5.41) is 15.5. The van der Waals surface area contributed by atoms with Crippen LogP contribution in [0.5, 0.6) is 5.75 Å². The Kier molecular flexibility index (Phi) is 4.24. The van der Waals surface area contributed by atoms with Gasteiger partial charge in [-0.2, -0.15) is 0 Å².